The summed E-state index contributed by atoms with van der Waals surface area (Å²) >= 11 is 0. The van der Waals surface area contributed by atoms with Crippen molar-refractivity contribution < 1.29 is 18.0 Å². The Hall–Kier alpha value is -3.24. The zero-order valence-electron chi connectivity index (χ0n) is 13.4. The molecular formula is C15H13F3N6O2. The summed E-state index contributed by atoms with van der Waals surface area (Å²) in [5.74, 6) is -1.78. The zero-order valence-corrected chi connectivity index (χ0v) is 13.4. The second kappa shape index (κ2) is 6.58. The molecule has 3 heterocycles. The third-order valence-corrected chi connectivity index (χ3v) is 3.58. The van der Waals surface area contributed by atoms with E-state index in [0.717, 1.165) is 17.1 Å². The van der Waals surface area contributed by atoms with E-state index in [4.69, 9.17) is 0 Å². The number of pyridine rings is 1. The number of nitrogens with one attached hydrogen (secondary N) is 1. The van der Waals surface area contributed by atoms with E-state index in [1.165, 1.54) is 10.6 Å². The normalized spacial score (nSPS) is 12.9. The number of fused-ring (bicyclic) bond motifs is 1. The van der Waals surface area contributed by atoms with Crippen molar-refractivity contribution >= 4 is 11.6 Å². The Kier molecular flexibility index (Phi) is 4.45. The zero-order chi connectivity index (χ0) is 18.9. The number of amides is 1. The van der Waals surface area contributed by atoms with Gasteiger partial charge in [-0.15, -0.1) is 5.10 Å². The molecule has 136 valence electrons. The van der Waals surface area contributed by atoms with Crippen LogP contribution in [0.5, 0.6) is 0 Å². The van der Waals surface area contributed by atoms with Gasteiger partial charge in [-0.05, 0) is 19.1 Å². The minimum atomic E-state index is -4.63. The summed E-state index contributed by atoms with van der Waals surface area (Å²) in [6.45, 7) is 1.24. The second-order valence-electron chi connectivity index (χ2n) is 5.50. The summed E-state index contributed by atoms with van der Waals surface area (Å²) in [5.41, 5.74) is 0.226. The number of hydrogen-bond donors (Lipinski definition) is 1. The van der Waals surface area contributed by atoms with Gasteiger partial charge in [0, 0.05) is 24.2 Å². The Morgan fingerprint density at radius 1 is 1.27 bits per heavy atom. The van der Waals surface area contributed by atoms with Crippen molar-refractivity contribution in [3.05, 3.63) is 58.7 Å². The van der Waals surface area contributed by atoms with Crippen molar-refractivity contribution in [3.63, 3.8) is 0 Å². The number of carbonyl (C=O) groups excluding carboxylic acids is 1. The molecule has 0 aliphatic heterocycles. The van der Waals surface area contributed by atoms with E-state index >= 15 is 0 Å². The van der Waals surface area contributed by atoms with Crippen LogP contribution in [0.3, 0.4) is 0 Å². The smallest absolute Gasteiger partial charge is 0.348 e. The Balaban J connectivity index is 1.69. The number of halogens is 3. The summed E-state index contributed by atoms with van der Waals surface area (Å²) < 4.78 is 39.7. The summed E-state index contributed by atoms with van der Waals surface area (Å²) in [5, 5.41) is 6.59. The van der Waals surface area contributed by atoms with Gasteiger partial charge in [0.25, 0.3) is 0 Å². The molecule has 11 heteroatoms. The number of aromatic nitrogens is 5. The molecule has 3 aromatic heterocycles. The van der Waals surface area contributed by atoms with Crippen molar-refractivity contribution in [1.29, 1.82) is 0 Å². The molecule has 0 saturated heterocycles. The first kappa shape index (κ1) is 17.6. The van der Waals surface area contributed by atoms with E-state index in [2.05, 4.69) is 20.4 Å². The Labute approximate surface area is 144 Å². The second-order valence-corrected chi connectivity index (χ2v) is 5.50. The predicted octanol–water partition coefficient (Wildman–Crippen LogP) is 1.18. The Morgan fingerprint density at radius 3 is 2.58 bits per heavy atom. The van der Waals surface area contributed by atoms with Crippen LogP contribution in [0, 0.1) is 0 Å². The SMILES string of the molecule is C[C@H](NC(=O)Cn1nc2ccccn2c1=O)c1cnc(C(F)(F)F)nc1. The van der Waals surface area contributed by atoms with Gasteiger partial charge < -0.3 is 5.32 Å². The first-order chi connectivity index (χ1) is 12.3. The van der Waals surface area contributed by atoms with Gasteiger partial charge in [-0.1, -0.05) is 6.07 Å². The average Bonchev–Trinajstić information content (AvgIpc) is 2.90. The fourth-order valence-corrected chi connectivity index (χ4v) is 2.29. The third-order valence-electron chi connectivity index (χ3n) is 3.58. The molecule has 0 saturated carbocycles. The topological polar surface area (TPSA) is 94.2 Å². The van der Waals surface area contributed by atoms with Gasteiger partial charge in [0.05, 0.1) is 6.04 Å². The highest BCUT2D eigenvalue weighted by Gasteiger charge is 2.34. The Morgan fingerprint density at radius 2 is 1.96 bits per heavy atom. The maximum absolute atomic E-state index is 12.5. The van der Waals surface area contributed by atoms with Crippen molar-refractivity contribution in [1.82, 2.24) is 29.5 Å². The van der Waals surface area contributed by atoms with Gasteiger partial charge in [0.1, 0.15) is 6.54 Å². The quantitative estimate of drug-likeness (QED) is 0.748. The van der Waals surface area contributed by atoms with Crippen molar-refractivity contribution in [2.45, 2.75) is 25.7 Å². The fourth-order valence-electron chi connectivity index (χ4n) is 2.29. The van der Waals surface area contributed by atoms with Gasteiger partial charge in [-0.3, -0.25) is 9.20 Å². The van der Waals surface area contributed by atoms with Crippen LogP contribution in [0.4, 0.5) is 13.2 Å². The molecule has 0 radical (unpaired) electrons. The summed E-state index contributed by atoms with van der Waals surface area (Å²) in [6, 6.07) is 4.35. The average molecular weight is 366 g/mol. The van der Waals surface area contributed by atoms with Gasteiger partial charge >= 0.3 is 11.9 Å². The molecular weight excluding hydrogens is 353 g/mol. The number of rotatable bonds is 4. The lowest BCUT2D eigenvalue weighted by Gasteiger charge is -2.14. The van der Waals surface area contributed by atoms with Crippen LogP contribution < -0.4 is 11.0 Å². The maximum atomic E-state index is 12.5. The Bertz CT molecular complexity index is 993. The molecule has 0 unspecified atom stereocenters. The lowest BCUT2D eigenvalue weighted by Crippen LogP contribution is -2.34. The van der Waals surface area contributed by atoms with Crippen LogP contribution in [-0.4, -0.2) is 30.1 Å². The minimum absolute atomic E-state index is 0.300. The van der Waals surface area contributed by atoms with Gasteiger partial charge in [-0.25, -0.2) is 19.4 Å². The largest absolute Gasteiger partial charge is 0.451 e. The van der Waals surface area contributed by atoms with Gasteiger partial charge in [-0.2, -0.15) is 13.2 Å². The van der Waals surface area contributed by atoms with E-state index in [1.807, 2.05) is 0 Å². The van der Waals surface area contributed by atoms with Gasteiger partial charge in [0.2, 0.25) is 11.7 Å². The van der Waals surface area contributed by atoms with Crippen LogP contribution in [0.25, 0.3) is 5.65 Å². The van der Waals surface area contributed by atoms with Crippen molar-refractivity contribution in [2.75, 3.05) is 0 Å². The third kappa shape index (κ3) is 3.55. The minimum Gasteiger partial charge on any atom is -0.348 e. The van der Waals surface area contributed by atoms with Crippen LogP contribution >= 0.6 is 0 Å². The lowest BCUT2D eigenvalue weighted by atomic mass is 10.2. The molecule has 1 N–H and O–H groups in total. The van der Waals surface area contributed by atoms with Crippen molar-refractivity contribution in [2.24, 2.45) is 0 Å². The van der Waals surface area contributed by atoms with Crippen LogP contribution in [-0.2, 0) is 17.5 Å². The highest BCUT2D eigenvalue weighted by atomic mass is 19.4. The number of alkyl halides is 3. The molecule has 1 atom stereocenters. The van der Waals surface area contributed by atoms with E-state index in [9.17, 15) is 22.8 Å². The molecule has 3 rings (SSSR count). The van der Waals surface area contributed by atoms with E-state index in [0.29, 0.717) is 11.2 Å². The monoisotopic (exact) mass is 366 g/mol. The molecule has 0 aliphatic rings. The van der Waals surface area contributed by atoms with Crippen LogP contribution in [0.2, 0.25) is 0 Å². The summed E-state index contributed by atoms with van der Waals surface area (Å²) in [6.07, 6.45) is -1.10. The van der Waals surface area contributed by atoms with Crippen molar-refractivity contribution in [3.8, 4) is 0 Å². The molecule has 0 aliphatic carbocycles. The molecule has 1 amide bonds. The standard InChI is InChI=1S/C15H13F3N6O2/c1-9(10-6-19-13(20-7-10)15(16,17)18)21-12(25)8-24-14(26)23-5-3-2-4-11(23)22-24/h2-7,9H,8H2,1H3,(H,21,25)/t9-/m0/s1. The molecule has 0 spiro atoms. The van der Waals surface area contributed by atoms with Gasteiger partial charge in [0.15, 0.2) is 5.65 Å². The maximum Gasteiger partial charge on any atom is 0.451 e. The lowest BCUT2D eigenvalue weighted by molar-refractivity contribution is -0.145. The van der Waals surface area contributed by atoms with E-state index in [-0.39, 0.29) is 6.54 Å². The molecule has 0 aromatic carbocycles. The summed E-state index contributed by atoms with van der Waals surface area (Å²) in [7, 11) is 0. The molecule has 3 aromatic rings. The van der Waals surface area contributed by atoms with E-state index in [1.54, 1.807) is 25.1 Å². The highest BCUT2D eigenvalue weighted by molar-refractivity contribution is 5.76. The number of carbonyl (C=O) groups is 1. The predicted molar refractivity (Wildman–Crippen MR) is 83.0 cm³/mol. The number of hydrogen-bond acceptors (Lipinski definition) is 5. The molecule has 8 nitrogen and oxygen atoms in total. The molecule has 26 heavy (non-hydrogen) atoms. The van der Waals surface area contributed by atoms with Crippen LogP contribution in [0.15, 0.2) is 41.6 Å². The first-order valence-corrected chi connectivity index (χ1v) is 7.48. The molecule has 0 bridgehead atoms. The van der Waals surface area contributed by atoms with Crippen LogP contribution in [0.1, 0.15) is 24.4 Å². The molecule has 0 fully saturated rings. The fraction of sp³-hybridized carbons (Fsp3) is 0.267. The number of nitrogens with zero attached hydrogens (tertiary/aromatic N) is 5. The van der Waals surface area contributed by atoms with E-state index < -0.39 is 29.6 Å². The first-order valence-electron chi connectivity index (χ1n) is 7.48. The summed E-state index contributed by atoms with van der Waals surface area (Å²) in [4.78, 5) is 30.7. The highest BCUT2D eigenvalue weighted by Crippen LogP contribution is 2.25.